The van der Waals surface area contributed by atoms with Crippen LogP contribution in [-0.2, 0) is 12.7 Å². The summed E-state index contributed by atoms with van der Waals surface area (Å²) < 4.78 is 37.4. The number of nitrogens with zero attached hydrogens (tertiary/aromatic N) is 1. The predicted molar refractivity (Wildman–Crippen MR) is 69.7 cm³/mol. The summed E-state index contributed by atoms with van der Waals surface area (Å²) in [5, 5.41) is 12.2. The average molecular weight is 303 g/mol. The Morgan fingerprint density at radius 1 is 1.25 bits per heavy atom. The molecule has 0 spiro atoms. The van der Waals surface area contributed by atoms with Gasteiger partial charge in [0.25, 0.3) is 0 Å². The number of pyridine rings is 1. The molecule has 0 aliphatic heterocycles. The van der Waals surface area contributed by atoms with Gasteiger partial charge >= 0.3 is 6.18 Å². The number of para-hydroxylation sites is 1. The number of aromatic hydroxyl groups is 1. The number of benzene rings is 1. The van der Waals surface area contributed by atoms with Gasteiger partial charge in [0.2, 0.25) is 0 Å². The quantitative estimate of drug-likeness (QED) is 0.898. The van der Waals surface area contributed by atoms with Crippen LogP contribution in [0.3, 0.4) is 0 Å². The Bertz CT molecular complexity index is 617. The third-order valence-corrected chi connectivity index (χ3v) is 2.89. The summed E-state index contributed by atoms with van der Waals surface area (Å²) in [5.74, 6) is 0.214. The minimum absolute atomic E-state index is 0.0861. The third kappa shape index (κ3) is 3.33. The van der Waals surface area contributed by atoms with E-state index in [1.807, 2.05) is 0 Å². The highest BCUT2D eigenvalue weighted by Gasteiger charge is 2.31. The van der Waals surface area contributed by atoms with Crippen molar-refractivity contribution in [3.8, 4) is 5.75 Å². The van der Waals surface area contributed by atoms with Crippen LogP contribution in [0.2, 0.25) is 5.02 Å². The van der Waals surface area contributed by atoms with Crippen molar-refractivity contribution in [1.29, 1.82) is 0 Å². The molecule has 106 valence electrons. The van der Waals surface area contributed by atoms with Gasteiger partial charge in [0.15, 0.2) is 0 Å². The monoisotopic (exact) mass is 302 g/mol. The SMILES string of the molecule is Oc1ccccc1CNc1ncc(C(F)(F)F)cc1Cl. The Labute approximate surface area is 118 Å². The minimum atomic E-state index is -4.48. The van der Waals surface area contributed by atoms with E-state index < -0.39 is 11.7 Å². The van der Waals surface area contributed by atoms with Crippen molar-refractivity contribution in [2.24, 2.45) is 0 Å². The fourth-order valence-corrected chi connectivity index (χ4v) is 1.80. The zero-order valence-electron chi connectivity index (χ0n) is 10.1. The Balaban J connectivity index is 2.13. The van der Waals surface area contributed by atoms with Crippen molar-refractivity contribution < 1.29 is 18.3 Å². The first-order valence-corrected chi connectivity index (χ1v) is 5.99. The van der Waals surface area contributed by atoms with Crippen molar-refractivity contribution in [2.75, 3.05) is 5.32 Å². The zero-order valence-corrected chi connectivity index (χ0v) is 10.8. The molecule has 20 heavy (non-hydrogen) atoms. The number of anilines is 1. The standard InChI is InChI=1S/C13H10ClF3N2O/c14-10-5-9(13(15,16)17)7-19-12(10)18-6-8-3-1-2-4-11(8)20/h1-5,7,20H,6H2,(H,18,19). The molecule has 0 bridgehead atoms. The molecule has 1 heterocycles. The van der Waals surface area contributed by atoms with E-state index in [-0.39, 0.29) is 23.1 Å². The van der Waals surface area contributed by atoms with Gasteiger partial charge in [-0.3, -0.25) is 0 Å². The van der Waals surface area contributed by atoms with Crippen LogP contribution in [0.1, 0.15) is 11.1 Å². The second kappa shape index (κ2) is 5.58. The van der Waals surface area contributed by atoms with Crippen LogP contribution in [0, 0.1) is 0 Å². The van der Waals surface area contributed by atoms with Crippen LogP contribution in [0.4, 0.5) is 19.0 Å². The van der Waals surface area contributed by atoms with Crippen molar-refractivity contribution in [2.45, 2.75) is 12.7 Å². The van der Waals surface area contributed by atoms with Gasteiger partial charge in [0.05, 0.1) is 10.6 Å². The lowest BCUT2D eigenvalue weighted by molar-refractivity contribution is -0.137. The normalized spacial score (nSPS) is 11.4. The minimum Gasteiger partial charge on any atom is -0.508 e. The molecular formula is C13H10ClF3N2O. The van der Waals surface area contributed by atoms with Gasteiger partial charge in [-0.25, -0.2) is 4.98 Å². The number of rotatable bonds is 3. The molecule has 7 heteroatoms. The number of alkyl halides is 3. The number of hydrogen-bond donors (Lipinski definition) is 2. The van der Waals surface area contributed by atoms with Crippen LogP contribution >= 0.6 is 11.6 Å². The van der Waals surface area contributed by atoms with E-state index in [1.54, 1.807) is 18.2 Å². The zero-order chi connectivity index (χ0) is 14.8. The topological polar surface area (TPSA) is 45.1 Å². The van der Waals surface area contributed by atoms with Crippen molar-refractivity contribution in [3.05, 3.63) is 52.7 Å². The second-order valence-corrected chi connectivity index (χ2v) is 4.44. The van der Waals surface area contributed by atoms with Crippen LogP contribution < -0.4 is 5.32 Å². The largest absolute Gasteiger partial charge is 0.508 e. The Hall–Kier alpha value is -1.95. The smallest absolute Gasteiger partial charge is 0.417 e. The maximum absolute atomic E-state index is 12.5. The van der Waals surface area contributed by atoms with E-state index in [9.17, 15) is 18.3 Å². The highest BCUT2D eigenvalue weighted by molar-refractivity contribution is 6.32. The highest BCUT2D eigenvalue weighted by atomic mass is 35.5. The summed E-state index contributed by atoms with van der Waals surface area (Å²) >= 11 is 5.75. The molecule has 2 rings (SSSR count). The first-order chi connectivity index (χ1) is 9.38. The molecule has 2 aromatic rings. The molecule has 1 aromatic heterocycles. The van der Waals surface area contributed by atoms with Crippen LogP contribution in [0.15, 0.2) is 36.5 Å². The molecule has 0 saturated carbocycles. The second-order valence-electron chi connectivity index (χ2n) is 4.03. The summed E-state index contributed by atoms with van der Waals surface area (Å²) in [6.45, 7) is 0.199. The lowest BCUT2D eigenvalue weighted by atomic mass is 10.2. The van der Waals surface area contributed by atoms with E-state index in [1.165, 1.54) is 6.07 Å². The van der Waals surface area contributed by atoms with E-state index in [0.29, 0.717) is 11.8 Å². The van der Waals surface area contributed by atoms with E-state index in [4.69, 9.17) is 11.6 Å². The van der Waals surface area contributed by atoms with Crippen molar-refractivity contribution in [3.63, 3.8) is 0 Å². The van der Waals surface area contributed by atoms with Crippen molar-refractivity contribution >= 4 is 17.4 Å². The van der Waals surface area contributed by atoms with Gasteiger partial charge in [-0.15, -0.1) is 0 Å². The van der Waals surface area contributed by atoms with Crippen LogP contribution in [0.5, 0.6) is 5.75 Å². The molecule has 0 aliphatic rings. The van der Waals surface area contributed by atoms with Crippen molar-refractivity contribution in [1.82, 2.24) is 4.98 Å². The molecule has 1 aromatic carbocycles. The van der Waals surface area contributed by atoms with Crippen LogP contribution in [-0.4, -0.2) is 10.1 Å². The fraction of sp³-hybridized carbons (Fsp3) is 0.154. The molecule has 2 N–H and O–H groups in total. The van der Waals surface area contributed by atoms with E-state index >= 15 is 0 Å². The lowest BCUT2D eigenvalue weighted by Gasteiger charge is -2.11. The molecule has 0 saturated heterocycles. The van der Waals surface area contributed by atoms with Gasteiger partial charge in [-0.05, 0) is 12.1 Å². The van der Waals surface area contributed by atoms with E-state index in [0.717, 1.165) is 6.07 Å². The first-order valence-electron chi connectivity index (χ1n) is 5.61. The third-order valence-electron chi connectivity index (χ3n) is 2.61. The van der Waals surface area contributed by atoms with Gasteiger partial charge in [-0.2, -0.15) is 13.2 Å². The number of phenolic OH excluding ortho intramolecular Hbond substituents is 1. The lowest BCUT2D eigenvalue weighted by Crippen LogP contribution is -2.08. The van der Waals surface area contributed by atoms with Crippen LogP contribution in [0.25, 0.3) is 0 Å². The number of halogens is 4. The number of phenols is 1. The van der Waals surface area contributed by atoms with Gasteiger partial charge in [0, 0.05) is 18.3 Å². The summed E-state index contributed by atoms with van der Waals surface area (Å²) in [5.41, 5.74) is -0.319. The maximum atomic E-state index is 12.5. The summed E-state index contributed by atoms with van der Waals surface area (Å²) in [7, 11) is 0. The number of aromatic nitrogens is 1. The molecular weight excluding hydrogens is 293 g/mol. The van der Waals surface area contributed by atoms with Gasteiger partial charge in [-0.1, -0.05) is 29.8 Å². The molecule has 0 radical (unpaired) electrons. The first kappa shape index (κ1) is 14.5. The number of nitrogens with one attached hydrogen (secondary N) is 1. The van der Waals surface area contributed by atoms with E-state index in [2.05, 4.69) is 10.3 Å². The highest BCUT2D eigenvalue weighted by Crippen LogP contribution is 2.32. The van der Waals surface area contributed by atoms with Gasteiger partial charge < -0.3 is 10.4 Å². The van der Waals surface area contributed by atoms with Gasteiger partial charge in [0.1, 0.15) is 11.6 Å². The summed E-state index contributed by atoms with van der Waals surface area (Å²) in [6.07, 6.45) is -3.77. The summed E-state index contributed by atoms with van der Waals surface area (Å²) in [6, 6.07) is 7.40. The Morgan fingerprint density at radius 3 is 2.55 bits per heavy atom. The Morgan fingerprint density at radius 2 is 1.95 bits per heavy atom. The molecule has 0 aliphatic carbocycles. The molecule has 0 amide bonds. The molecule has 0 fully saturated rings. The molecule has 0 atom stereocenters. The maximum Gasteiger partial charge on any atom is 0.417 e. The fourth-order valence-electron chi connectivity index (χ4n) is 1.56. The average Bonchev–Trinajstić information content (AvgIpc) is 2.38. The number of hydrogen-bond acceptors (Lipinski definition) is 3. The Kier molecular flexibility index (Phi) is 4.04. The molecule has 3 nitrogen and oxygen atoms in total. The molecule has 0 unspecified atom stereocenters. The predicted octanol–water partition coefficient (Wildman–Crippen LogP) is 4.07. The summed E-state index contributed by atoms with van der Waals surface area (Å²) in [4.78, 5) is 3.64.